The molecule has 3 N–H and O–H groups in total. The standard InChI is InChI=1S/C25H22BrFN4O5/c1-15-5-3-4-6-20(15)30-22(32)14-36-23-19(26)11-16(12-21(23)35-2)13-28-31-25(34)24(33)29-18-9-7-17(27)8-10-18/h3-13H,14H2,1-2H3,(H,29,33)(H,30,32)(H,31,34)/b28-13-. The predicted octanol–water partition coefficient (Wildman–Crippen LogP) is 4.01. The number of nitrogens with zero attached hydrogens (tertiary/aromatic N) is 1. The maximum absolute atomic E-state index is 12.9. The average Bonchev–Trinajstić information content (AvgIpc) is 2.85. The van der Waals surface area contributed by atoms with Crippen molar-refractivity contribution in [2.45, 2.75) is 6.92 Å². The van der Waals surface area contributed by atoms with Crippen LogP contribution >= 0.6 is 15.9 Å². The predicted molar refractivity (Wildman–Crippen MR) is 137 cm³/mol. The second-order valence-electron chi connectivity index (χ2n) is 7.35. The molecule has 3 rings (SSSR count). The number of halogens is 2. The molecule has 0 unspecified atom stereocenters. The van der Waals surface area contributed by atoms with Gasteiger partial charge in [0, 0.05) is 11.4 Å². The first-order valence-electron chi connectivity index (χ1n) is 10.5. The molecule has 0 atom stereocenters. The summed E-state index contributed by atoms with van der Waals surface area (Å²) in [6, 6.07) is 15.5. The summed E-state index contributed by atoms with van der Waals surface area (Å²) < 4.78 is 24.4. The normalized spacial score (nSPS) is 10.6. The molecule has 9 nitrogen and oxygen atoms in total. The lowest BCUT2D eigenvalue weighted by atomic mass is 10.2. The van der Waals surface area contributed by atoms with Crippen LogP contribution in [-0.4, -0.2) is 37.7 Å². The average molecular weight is 557 g/mol. The number of rotatable bonds is 8. The van der Waals surface area contributed by atoms with Gasteiger partial charge in [0.25, 0.3) is 5.91 Å². The second kappa shape index (κ2) is 12.5. The van der Waals surface area contributed by atoms with Gasteiger partial charge < -0.3 is 20.1 Å². The summed E-state index contributed by atoms with van der Waals surface area (Å²) in [5, 5.41) is 8.88. The van der Waals surface area contributed by atoms with Gasteiger partial charge in [-0.2, -0.15) is 5.10 Å². The number of carbonyl (C=O) groups excluding carboxylic acids is 3. The monoisotopic (exact) mass is 556 g/mol. The van der Waals surface area contributed by atoms with Crippen LogP contribution in [0.1, 0.15) is 11.1 Å². The fourth-order valence-electron chi connectivity index (χ4n) is 2.93. The van der Waals surface area contributed by atoms with Gasteiger partial charge in [0.1, 0.15) is 5.82 Å². The van der Waals surface area contributed by atoms with Crippen LogP contribution in [0.4, 0.5) is 15.8 Å². The Labute approximate surface area is 214 Å². The number of hydrogen-bond acceptors (Lipinski definition) is 6. The number of ether oxygens (including phenoxy) is 2. The van der Waals surface area contributed by atoms with E-state index in [2.05, 4.69) is 37.1 Å². The lowest BCUT2D eigenvalue weighted by molar-refractivity contribution is -0.136. The van der Waals surface area contributed by atoms with E-state index in [-0.39, 0.29) is 18.2 Å². The lowest BCUT2D eigenvalue weighted by Crippen LogP contribution is -2.32. The number of aryl methyl sites for hydroxylation is 1. The zero-order valence-corrected chi connectivity index (χ0v) is 20.9. The molecule has 0 saturated heterocycles. The summed E-state index contributed by atoms with van der Waals surface area (Å²) in [5.74, 6) is -2.17. The third kappa shape index (κ3) is 7.37. The van der Waals surface area contributed by atoms with Crippen LogP contribution in [-0.2, 0) is 14.4 Å². The highest BCUT2D eigenvalue weighted by Gasteiger charge is 2.15. The van der Waals surface area contributed by atoms with Gasteiger partial charge >= 0.3 is 11.8 Å². The molecule has 3 amide bonds. The highest BCUT2D eigenvalue weighted by molar-refractivity contribution is 9.10. The number of carbonyl (C=O) groups is 3. The maximum Gasteiger partial charge on any atom is 0.329 e. The van der Waals surface area contributed by atoms with Gasteiger partial charge in [0.15, 0.2) is 18.1 Å². The third-order valence-electron chi connectivity index (χ3n) is 4.71. The van der Waals surface area contributed by atoms with E-state index in [1.807, 2.05) is 25.1 Å². The molecule has 3 aromatic rings. The Morgan fingerprint density at radius 1 is 1.03 bits per heavy atom. The molecule has 0 fully saturated rings. The van der Waals surface area contributed by atoms with Gasteiger partial charge in [-0.25, -0.2) is 9.82 Å². The molecule has 11 heteroatoms. The zero-order valence-electron chi connectivity index (χ0n) is 19.3. The quantitative estimate of drug-likeness (QED) is 0.220. The number of amides is 3. The Kier molecular flexibility index (Phi) is 9.12. The molecule has 36 heavy (non-hydrogen) atoms. The number of para-hydroxylation sites is 1. The van der Waals surface area contributed by atoms with Crippen molar-refractivity contribution in [2.75, 3.05) is 24.4 Å². The maximum atomic E-state index is 12.9. The lowest BCUT2D eigenvalue weighted by Gasteiger charge is -2.14. The molecule has 3 aromatic carbocycles. The van der Waals surface area contributed by atoms with Gasteiger partial charge in [0.2, 0.25) is 0 Å². The van der Waals surface area contributed by atoms with Crippen LogP contribution in [0.25, 0.3) is 0 Å². The largest absolute Gasteiger partial charge is 0.493 e. The molecule has 0 saturated carbocycles. The van der Waals surface area contributed by atoms with E-state index in [1.54, 1.807) is 18.2 Å². The first-order valence-corrected chi connectivity index (χ1v) is 11.3. The van der Waals surface area contributed by atoms with Crippen LogP contribution in [0.15, 0.2) is 70.2 Å². The van der Waals surface area contributed by atoms with Crippen LogP contribution in [0.3, 0.4) is 0 Å². The molecule has 0 aliphatic carbocycles. The van der Waals surface area contributed by atoms with E-state index < -0.39 is 17.6 Å². The molecular weight excluding hydrogens is 535 g/mol. The molecule has 0 aliphatic rings. The van der Waals surface area contributed by atoms with Crippen LogP contribution in [0, 0.1) is 12.7 Å². The summed E-state index contributed by atoms with van der Waals surface area (Å²) in [6.07, 6.45) is 1.30. The molecule has 186 valence electrons. The fourth-order valence-corrected chi connectivity index (χ4v) is 3.50. The Morgan fingerprint density at radius 2 is 1.75 bits per heavy atom. The van der Waals surface area contributed by atoms with Gasteiger partial charge in [-0.05, 0) is 76.4 Å². The van der Waals surface area contributed by atoms with Gasteiger partial charge in [-0.15, -0.1) is 0 Å². The number of hydrazone groups is 1. The van der Waals surface area contributed by atoms with E-state index >= 15 is 0 Å². The first-order chi connectivity index (χ1) is 17.3. The number of nitrogens with one attached hydrogen (secondary N) is 3. The summed E-state index contributed by atoms with van der Waals surface area (Å²) in [7, 11) is 1.44. The fraction of sp³-hybridized carbons (Fsp3) is 0.120. The van der Waals surface area contributed by atoms with Gasteiger partial charge in [-0.1, -0.05) is 18.2 Å². The minimum atomic E-state index is -1.01. The Bertz CT molecular complexity index is 1300. The summed E-state index contributed by atoms with van der Waals surface area (Å²) >= 11 is 3.38. The van der Waals surface area contributed by atoms with Crippen molar-refractivity contribution in [2.24, 2.45) is 5.10 Å². The molecule has 0 spiro atoms. The van der Waals surface area contributed by atoms with Crippen molar-refractivity contribution in [1.82, 2.24) is 5.43 Å². The minimum Gasteiger partial charge on any atom is -0.493 e. The Hall–Kier alpha value is -4.25. The van der Waals surface area contributed by atoms with E-state index in [0.29, 0.717) is 27.2 Å². The van der Waals surface area contributed by atoms with Crippen LogP contribution in [0.2, 0.25) is 0 Å². The molecule has 0 bridgehead atoms. The first kappa shape index (κ1) is 26.4. The van der Waals surface area contributed by atoms with Crippen molar-refractivity contribution >= 4 is 51.2 Å². The Morgan fingerprint density at radius 3 is 2.44 bits per heavy atom. The highest BCUT2D eigenvalue weighted by Crippen LogP contribution is 2.36. The van der Waals surface area contributed by atoms with Crippen molar-refractivity contribution in [3.63, 3.8) is 0 Å². The van der Waals surface area contributed by atoms with Crippen molar-refractivity contribution < 1.29 is 28.2 Å². The SMILES string of the molecule is COc1cc(/C=N\NC(=O)C(=O)Nc2ccc(F)cc2)cc(Br)c1OCC(=O)Nc1ccccc1C. The van der Waals surface area contributed by atoms with Gasteiger partial charge in [0.05, 0.1) is 17.8 Å². The summed E-state index contributed by atoms with van der Waals surface area (Å²) in [4.78, 5) is 36.2. The van der Waals surface area contributed by atoms with Crippen molar-refractivity contribution in [3.05, 3.63) is 82.1 Å². The van der Waals surface area contributed by atoms with Crippen molar-refractivity contribution in [1.29, 1.82) is 0 Å². The van der Waals surface area contributed by atoms with E-state index in [4.69, 9.17) is 9.47 Å². The van der Waals surface area contributed by atoms with Crippen LogP contribution < -0.4 is 25.5 Å². The van der Waals surface area contributed by atoms with Crippen LogP contribution in [0.5, 0.6) is 11.5 Å². The third-order valence-corrected chi connectivity index (χ3v) is 5.30. The van der Waals surface area contributed by atoms with E-state index in [9.17, 15) is 18.8 Å². The topological polar surface area (TPSA) is 118 Å². The second-order valence-corrected chi connectivity index (χ2v) is 8.20. The number of hydrogen-bond donors (Lipinski definition) is 3. The number of methoxy groups -OCH3 is 1. The van der Waals surface area contributed by atoms with E-state index in [1.165, 1.54) is 25.5 Å². The zero-order chi connectivity index (χ0) is 26.1. The number of anilines is 2. The van der Waals surface area contributed by atoms with Crippen molar-refractivity contribution in [3.8, 4) is 11.5 Å². The molecule has 0 aliphatic heterocycles. The molecule has 0 radical (unpaired) electrons. The van der Waals surface area contributed by atoms with Gasteiger partial charge in [-0.3, -0.25) is 14.4 Å². The molecule has 0 aromatic heterocycles. The summed E-state index contributed by atoms with van der Waals surface area (Å²) in [5.41, 5.74) is 4.49. The van der Waals surface area contributed by atoms with E-state index in [0.717, 1.165) is 17.7 Å². The molecular formula is C25H22BrFN4O5. The Balaban J connectivity index is 1.58. The highest BCUT2D eigenvalue weighted by atomic mass is 79.9. The number of benzene rings is 3. The smallest absolute Gasteiger partial charge is 0.329 e. The minimum absolute atomic E-state index is 0.254. The molecule has 0 heterocycles. The summed E-state index contributed by atoms with van der Waals surface area (Å²) in [6.45, 7) is 1.63.